The minimum Gasteiger partial charge on any atom is -0.385 e. The van der Waals surface area contributed by atoms with Crippen LogP contribution in [0.4, 0.5) is 5.82 Å². The first kappa shape index (κ1) is 11.0. The van der Waals surface area contributed by atoms with Gasteiger partial charge < -0.3 is 15.3 Å². The summed E-state index contributed by atoms with van der Waals surface area (Å²) in [7, 11) is 2.00. The first-order valence-electron chi connectivity index (χ1n) is 6.08. The predicted octanol–water partition coefficient (Wildman–Crippen LogP) is 3.37. The second kappa shape index (κ2) is 3.67. The van der Waals surface area contributed by atoms with Crippen LogP contribution in [0.1, 0.15) is 11.3 Å². The molecule has 0 radical (unpaired) electrons. The normalized spacial score (nSPS) is 11.3. The molecular weight excluding hydrogens is 222 g/mol. The Morgan fingerprint density at radius 2 is 1.89 bits per heavy atom. The summed E-state index contributed by atoms with van der Waals surface area (Å²) >= 11 is 0. The molecular formula is C15H17N3. The Kier molecular flexibility index (Phi) is 2.23. The Hall–Kier alpha value is -2.16. The van der Waals surface area contributed by atoms with Crippen LogP contribution in [0.5, 0.6) is 0 Å². The second-order valence-electron chi connectivity index (χ2n) is 4.88. The maximum absolute atomic E-state index is 5.92. The second-order valence-corrected chi connectivity index (χ2v) is 4.88. The fraction of sp³-hybridized carbons (Fsp3) is 0.200. The van der Waals surface area contributed by atoms with Crippen LogP contribution >= 0.6 is 0 Å². The highest BCUT2D eigenvalue weighted by Crippen LogP contribution is 2.33. The van der Waals surface area contributed by atoms with Gasteiger partial charge in [-0.3, -0.25) is 0 Å². The number of nitrogens with one attached hydrogen (secondary N) is 1. The number of nitrogens with two attached hydrogens (primary N) is 1. The maximum Gasteiger partial charge on any atom is 0.103 e. The Balaban J connectivity index is 2.38. The number of nitrogens with zero attached hydrogens (tertiary/aromatic N) is 1. The number of anilines is 1. The van der Waals surface area contributed by atoms with E-state index in [2.05, 4.69) is 43.1 Å². The first-order chi connectivity index (χ1) is 8.58. The number of aryl methyl sites for hydroxylation is 2. The third kappa shape index (κ3) is 1.44. The van der Waals surface area contributed by atoms with Crippen LogP contribution in [-0.2, 0) is 7.05 Å². The number of rotatable bonds is 1. The number of hydrogen-bond donors (Lipinski definition) is 2. The van der Waals surface area contributed by atoms with E-state index in [9.17, 15) is 0 Å². The van der Waals surface area contributed by atoms with E-state index in [0.29, 0.717) is 0 Å². The zero-order chi connectivity index (χ0) is 12.9. The van der Waals surface area contributed by atoms with Gasteiger partial charge in [-0.05, 0) is 38.1 Å². The molecule has 18 heavy (non-hydrogen) atoms. The molecule has 2 aromatic heterocycles. The van der Waals surface area contributed by atoms with Gasteiger partial charge in [-0.1, -0.05) is 11.6 Å². The number of aromatic amines is 1. The van der Waals surface area contributed by atoms with E-state index in [-0.39, 0.29) is 0 Å². The Morgan fingerprint density at radius 1 is 1.11 bits per heavy atom. The van der Waals surface area contributed by atoms with Crippen LogP contribution in [0.25, 0.3) is 22.2 Å². The highest BCUT2D eigenvalue weighted by atomic mass is 15.0. The van der Waals surface area contributed by atoms with Gasteiger partial charge in [0.05, 0.1) is 5.69 Å². The van der Waals surface area contributed by atoms with Gasteiger partial charge in [0.15, 0.2) is 0 Å². The molecule has 0 aliphatic heterocycles. The zero-order valence-corrected chi connectivity index (χ0v) is 10.9. The molecule has 0 spiro atoms. The maximum atomic E-state index is 5.92. The fourth-order valence-corrected chi connectivity index (χ4v) is 2.55. The van der Waals surface area contributed by atoms with E-state index < -0.39 is 0 Å². The van der Waals surface area contributed by atoms with E-state index in [1.165, 1.54) is 27.7 Å². The molecule has 0 saturated heterocycles. The van der Waals surface area contributed by atoms with Crippen LogP contribution in [0, 0.1) is 13.8 Å². The van der Waals surface area contributed by atoms with Gasteiger partial charge in [0.25, 0.3) is 0 Å². The van der Waals surface area contributed by atoms with Crippen molar-refractivity contribution in [2.45, 2.75) is 13.8 Å². The molecule has 3 nitrogen and oxygen atoms in total. The molecule has 2 heterocycles. The summed E-state index contributed by atoms with van der Waals surface area (Å²) in [6, 6.07) is 10.5. The number of hydrogen-bond acceptors (Lipinski definition) is 1. The predicted molar refractivity (Wildman–Crippen MR) is 76.6 cm³/mol. The average molecular weight is 239 g/mol. The third-order valence-electron chi connectivity index (χ3n) is 3.56. The van der Waals surface area contributed by atoms with E-state index >= 15 is 0 Å². The van der Waals surface area contributed by atoms with E-state index in [1.54, 1.807) is 0 Å². The summed E-state index contributed by atoms with van der Waals surface area (Å²) in [5.74, 6) is 0.784. The van der Waals surface area contributed by atoms with Crippen LogP contribution in [0.3, 0.4) is 0 Å². The molecule has 0 saturated carbocycles. The molecule has 0 aliphatic carbocycles. The molecule has 3 aromatic rings. The van der Waals surface area contributed by atoms with Crippen molar-refractivity contribution in [1.82, 2.24) is 9.55 Å². The molecule has 3 rings (SSSR count). The van der Waals surface area contributed by atoms with E-state index in [0.717, 1.165) is 11.5 Å². The molecule has 0 unspecified atom stereocenters. The van der Waals surface area contributed by atoms with Gasteiger partial charge in [0, 0.05) is 29.2 Å². The molecule has 92 valence electrons. The summed E-state index contributed by atoms with van der Waals surface area (Å²) in [6.45, 7) is 4.22. The molecule has 0 amide bonds. The Labute approximate surface area is 106 Å². The monoisotopic (exact) mass is 239 g/mol. The minimum absolute atomic E-state index is 0.784. The largest absolute Gasteiger partial charge is 0.385 e. The smallest absolute Gasteiger partial charge is 0.103 e. The molecule has 0 atom stereocenters. The van der Waals surface area contributed by atoms with Crippen molar-refractivity contribution in [2.24, 2.45) is 7.05 Å². The molecule has 3 N–H and O–H groups in total. The highest BCUT2D eigenvalue weighted by molar-refractivity contribution is 5.97. The van der Waals surface area contributed by atoms with Crippen LogP contribution in [0.2, 0.25) is 0 Å². The van der Waals surface area contributed by atoms with Crippen molar-refractivity contribution in [3.05, 3.63) is 41.6 Å². The van der Waals surface area contributed by atoms with Gasteiger partial charge in [-0.15, -0.1) is 0 Å². The molecule has 0 fully saturated rings. The van der Waals surface area contributed by atoms with Gasteiger partial charge in [0.2, 0.25) is 0 Å². The quantitative estimate of drug-likeness (QED) is 0.672. The van der Waals surface area contributed by atoms with Crippen molar-refractivity contribution in [3.63, 3.8) is 0 Å². The number of nitrogen functional groups attached to an aromatic ring is 1. The summed E-state index contributed by atoms with van der Waals surface area (Å²) in [4.78, 5) is 3.44. The SMILES string of the molecule is Cc1ccc2[nH]c(C)c(-c3ccc(N)n3C)c2c1. The number of aromatic nitrogens is 2. The standard InChI is InChI=1S/C15H17N3/c1-9-4-5-12-11(8-9)15(10(2)17-12)13-6-7-14(16)18(13)3/h4-8,17H,16H2,1-3H3. The zero-order valence-electron chi connectivity index (χ0n) is 10.9. The van der Waals surface area contributed by atoms with Gasteiger partial charge >= 0.3 is 0 Å². The molecule has 1 aromatic carbocycles. The first-order valence-corrected chi connectivity index (χ1v) is 6.08. The van der Waals surface area contributed by atoms with Crippen LogP contribution in [-0.4, -0.2) is 9.55 Å². The summed E-state index contributed by atoms with van der Waals surface area (Å²) < 4.78 is 2.03. The Morgan fingerprint density at radius 3 is 2.56 bits per heavy atom. The highest BCUT2D eigenvalue weighted by Gasteiger charge is 2.13. The van der Waals surface area contributed by atoms with Crippen LogP contribution < -0.4 is 5.73 Å². The third-order valence-corrected chi connectivity index (χ3v) is 3.56. The van der Waals surface area contributed by atoms with Crippen molar-refractivity contribution in [3.8, 4) is 11.3 Å². The van der Waals surface area contributed by atoms with Crippen molar-refractivity contribution in [2.75, 3.05) is 5.73 Å². The van der Waals surface area contributed by atoms with Gasteiger partial charge in [-0.25, -0.2) is 0 Å². The lowest BCUT2D eigenvalue weighted by molar-refractivity contribution is 0.950. The topological polar surface area (TPSA) is 46.7 Å². The Bertz CT molecular complexity index is 732. The number of benzene rings is 1. The van der Waals surface area contributed by atoms with Crippen molar-refractivity contribution < 1.29 is 0 Å². The fourth-order valence-electron chi connectivity index (χ4n) is 2.55. The van der Waals surface area contributed by atoms with Gasteiger partial charge in [-0.2, -0.15) is 0 Å². The van der Waals surface area contributed by atoms with Crippen molar-refractivity contribution >= 4 is 16.7 Å². The lowest BCUT2D eigenvalue weighted by atomic mass is 10.1. The average Bonchev–Trinajstić information content (AvgIpc) is 2.81. The summed E-state index contributed by atoms with van der Waals surface area (Å²) in [5.41, 5.74) is 11.9. The summed E-state index contributed by atoms with van der Waals surface area (Å²) in [5, 5.41) is 1.26. The van der Waals surface area contributed by atoms with E-state index in [1.807, 2.05) is 17.7 Å². The van der Waals surface area contributed by atoms with Crippen molar-refractivity contribution in [1.29, 1.82) is 0 Å². The number of H-pyrrole nitrogens is 1. The molecule has 0 bridgehead atoms. The lowest BCUT2D eigenvalue weighted by Gasteiger charge is -2.05. The molecule has 0 aliphatic rings. The lowest BCUT2D eigenvalue weighted by Crippen LogP contribution is -1.97. The van der Waals surface area contributed by atoms with Crippen LogP contribution in [0.15, 0.2) is 30.3 Å². The van der Waals surface area contributed by atoms with Gasteiger partial charge in [0.1, 0.15) is 5.82 Å². The summed E-state index contributed by atoms with van der Waals surface area (Å²) in [6.07, 6.45) is 0. The molecule has 3 heteroatoms. The number of fused-ring (bicyclic) bond motifs is 1. The van der Waals surface area contributed by atoms with E-state index in [4.69, 9.17) is 5.73 Å². The minimum atomic E-state index is 0.784.